The largest absolute Gasteiger partial charge is 0.465 e. The Bertz CT molecular complexity index is 1050. The van der Waals surface area contributed by atoms with Crippen molar-refractivity contribution >= 4 is 35.2 Å². The van der Waals surface area contributed by atoms with Crippen LogP contribution in [0, 0.1) is 17.8 Å². The van der Waals surface area contributed by atoms with E-state index in [-0.39, 0.29) is 35.8 Å². The first-order valence-corrected chi connectivity index (χ1v) is 12.7. The molecule has 7 heteroatoms. The molecule has 34 heavy (non-hydrogen) atoms. The van der Waals surface area contributed by atoms with Crippen molar-refractivity contribution in [2.75, 3.05) is 6.54 Å². The lowest BCUT2D eigenvalue weighted by molar-refractivity contribution is -0.124. The fourth-order valence-electron chi connectivity index (χ4n) is 6.99. The smallest absolute Gasteiger partial charge is 0.408 e. The van der Waals surface area contributed by atoms with E-state index in [2.05, 4.69) is 5.32 Å². The number of carboxylic acid groups (broad SMARTS) is 1. The summed E-state index contributed by atoms with van der Waals surface area (Å²) in [6.07, 6.45) is 3.57. The number of benzene rings is 2. The van der Waals surface area contributed by atoms with E-state index < -0.39 is 11.0 Å². The Morgan fingerprint density at radius 2 is 1.71 bits per heavy atom. The van der Waals surface area contributed by atoms with Crippen LogP contribution in [-0.2, 0) is 11.3 Å². The number of hydrogen-bond donors (Lipinski definition) is 2. The van der Waals surface area contributed by atoms with Gasteiger partial charge in [0.25, 0.3) is 0 Å². The second-order valence-electron chi connectivity index (χ2n) is 10.4. The van der Waals surface area contributed by atoms with Crippen molar-refractivity contribution in [3.8, 4) is 0 Å². The third-order valence-corrected chi connectivity index (χ3v) is 8.90. The predicted octanol–water partition coefficient (Wildman–Crippen LogP) is 5.82. The number of nitrogens with one attached hydrogen (secondary N) is 1. The summed E-state index contributed by atoms with van der Waals surface area (Å²) in [7, 11) is 0. The average molecular weight is 501 g/mol. The molecule has 2 aromatic rings. The van der Waals surface area contributed by atoms with E-state index in [9.17, 15) is 14.7 Å². The minimum absolute atomic E-state index is 0.0522. The molecule has 0 radical (unpaired) electrons. The number of halogens is 2. The zero-order chi connectivity index (χ0) is 23.9. The number of carbonyl (C=O) groups is 2. The third kappa shape index (κ3) is 4.65. The molecule has 0 saturated heterocycles. The van der Waals surface area contributed by atoms with Crippen LogP contribution in [0.5, 0.6) is 0 Å². The predicted molar refractivity (Wildman–Crippen MR) is 133 cm³/mol. The SMILES string of the molecule is O=C(CN(Cc1ccccc1)C(=O)O)N[C@@H](c1ccccc1)[C@H]1[C@H]2C[C@@H]3C[C@](Cl)(C2)C[C@@]1(Cl)C3. The van der Waals surface area contributed by atoms with E-state index in [4.69, 9.17) is 23.2 Å². The summed E-state index contributed by atoms with van der Waals surface area (Å²) in [6.45, 7) is -0.0795. The van der Waals surface area contributed by atoms with Gasteiger partial charge in [-0.2, -0.15) is 0 Å². The molecule has 4 bridgehead atoms. The second kappa shape index (κ2) is 9.09. The molecule has 2 N–H and O–H groups in total. The van der Waals surface area contributed by atoms with Crippen molar-refractivity contribution in [1.82, 2.24) is 10.2 Å². The molecule has 4 aliphatic rings. The zero-order valence-corrected chi connectivity index (χ0v) is 20.5. The molecule has 4 saturated carbocycles. The van der Waals surface area contributed by atoms with Crippen LogP contribution >= 0.6 is 23.2 Å². The van der Waals surface area contributed by atoms with Crippen LogP contribution < -0.4 is 5.32 Å². The van der Waals surface area contributed by atoms with Gasteiger partial charge in [0.1, 0.15) is 6.54 Å². The van der Waals surface area contributed by atoms with Crippen LogP contribution in [0.3, 0.4) is 0 Å². The summed E-state index contributed by atoms with van der Waals surface area (Å²) in [5.74, 6) is 0.610. The van der Waals surface area contributed by atoms with Crippen LogP contribution in [0.25, 0.3) is 0 Å². The number of rotatable bonds is 7. The van der Waals surface area contributed by atoms with Crippen LogP contribution in [0.1, 0.15) is 49.3 Å². The molecule has 0 aliphatic heterocycles. The average Bonchev–Trinajstić information content (AvgIpc) is 2.77. The number of alkyl halides is 2. The van der Waals surface area contributed by atoms with Gasteiger partial charge in [0.05, 0.1) is 10.9 Å². The molecule has 180 valence electrons. The van der Waals surface area contributed by atoms with E-state index in [1.54, 1.807) is 0 Å². The molecular weight excluding hydrogens is 471 g/mol. The van der Waals surface area contributed by atoms with E-state index in [0.29, 0.717) is 11.8 Å². The Balaban J connectivity index is 1.38. The van der Waals surface area contributed by atoms with Crippen molar-refractivity contribution in [3.63, 3.8) is 0 Å². The molecule has 0 heterocycles. The zero-order valence-electron chi connectivity index (χ0n) is 19.0. The lowest BCUT2D eigenvalue weighted by Crippen LogP contribution is -2.62. The summed E-state index contributed by atoms with van der Waals surface area (Å²) in [5, 5.41) is 12.9. The van der Waals surface area contributed by atoms with Crippen LogP contribution in [-0.4, -0.2) is 38.3 Å². The number of carbonyl (C=O) groups excluding carboxylic acids is 1. The quantitative estimate of drug-likeness (QED) is 0.470. The molecule has 2 aromatic carbocycles. The molecule has 4 fully saturated rings. The molecule has 0 unspecified atom stereocenters. The highest BCUT2D eigenvalue weighted by molar-refractivity contribution is 6.28. The van der Waals surface area contributed by atoms with Gasteiger partial charge in [-0.15, -0.1) is 23.2 Å². The Hall–Kier alpha value is -2.24. The topological polar surface area (TPSA) is 69.6 Å². The third-order valence-electron chi connectivity index (χ3n) is 7.92. The van der Waals surface area contributed by atoms with E-state index in [1.165, 1.54) is 0 Å². The number of hydrogen-bond acceptors (Lipinski definition) is 2. The molecule has 4 aliphatic carbocycles. The van der Waals surface area contributed by atoms with Gasteiger partial charge < -0.3 is 10.4 Å². The number of amides is 2. The van der Waals surface area contributed by atoms with Gasteiger partial charge >= 0.3 is 6.09 Å². The van der Waals surface area contributed by atoms with Gasteiger partial charge in [-0.1, -0.05) is 60.7 Å². The Kier molecular flexibility index (Phi) is 6.28. The standard InChI is InChI=1S/C27H30Cl2N2O3/c28-26-12-19-11-21(14-26)23(27(29,13-19)17-26)24(20-9-5-2-6-10-20)30-22(32)16-31(25(33)34)15-18-7-3-1-4-8-18/h1-10,19,21,23-24H,11-17H2,(H,30,32)(H,33,34)/t19-,21+,23-,24+,26+,27+/m1/s1. The van der Waals surface area contributed by atoms with Crippen LogP contribution in [0.15, 0.2) is 60.7 Å². The van der Waals surface area contributed by atoms with Gasteiger partial charge in [-0.25, -0.2) is 4.79 Å². The fourth-order valence-corrected chi connectivity index (χ4v) is 8.49. The first-order chi connectivity index (χ1) is 16.2. The summed E-state index contributed by atoms with van der Waals surface area (Å²) in [6, 6.07) is 18.9. The highest BCUT2D eigenvalue weighted by atomic mass is 35.5. The highest BCUT2D eigenvalue weighted by Crippen LogP contribution is 2.66. The first kappa shape index (κ1) is 23.5. The van der Waals surface area contributed by atoms with Gasteiger partial charge in [0, 0.05) is 17.3 Å². The molecule has 5 nitrogen and oxygen atoms in total. The Morgan fingerprint density at radius 3 is 2.32 bits per heavy atom. The molecule has 0 aromatic heterocycles. The van der Waals surface area contributed by atoms with E-state index in [1.807, 2.05) is 60.7 Å². The second-order valence-corrected chi connectivity index (χ2v) is 12.0. The summed E-state index contributed by atoms with van der Waals surface area (Å²) < 4.78 is 0. The summed E-state index contributed by atoms with van der Waals surface area (Å²) in [4.78, 5) is 25.6. The first-order valence-electron chi connectivity index (χ1n) is 12.0. The van der Waals surface area contributed by atoms with E-state index >= 15 is 0 Å². The maximum absolute atomic E-state index is 13.2. The van der Waals surface area contributed by atoms with Gasteiger partial charge in [-0.3, -0.25) is 9.69 Å². The van der Waals surface area contributed by atoms with Gasteiger partial charge in [0.15, 0.2) is 0 Å². The van der Waals surface area contributed by atoms with Crippen molar-refractivity contribution < 1.29 is 14.7 Å². The monoisotopic (exact) mass is 500 g/mol. The van der Waals surface area contributed by atoms with Crippen molar-refractivity contribution in [2.24, 2.45) is 17.8 Å². The lowest BCUT2D eigenvalue weighted by Gasteiger charge is -2.63. The molecule has 0 spiro atoms. The lowest BCUT2D eigenvalue weighted by atomic mass is 9.49. The van der Waals surface area contributed by atoms with Crippen LogP contribution in [0.4, 0.5) is 4.79 Å². The molecule has 6 atom stereocenters. The minimum Gasteiger partial charge on any atom is -0.465 e. The van der Waals surface area contributed by atoms with Crippen molar-refractivity contribution in [1.29, 1.82) is 0 Å². The molecule has 6 rings (SSSR count). The Morgan fingerprint density at radius 1 is 1.03 bits per heavy atom. The maximum Gasteiger partial charge on any atom is 0.408 e. The van der Waals surface area contributed by atoms with Gasteiger partial charge in [-0.05, 0) is 55.1 Å². The minimum atomic E-state index is -1.12. The summed E-state index contributed by atoms with van der Waals surface area (Å²) >= 11 is 14.3. The molecular formula is C27H30Cl2N2O3. The highest BCUT2D eigenvalue weighted by Gasteiger charge is 2.63. The number of nitrogens with zero attached hydrogens (tertiary/aromatic N) is 1. The normalized spacial score (nSPS) is 32.2. The molecule has 2 amide bonds. The van der Waals surface area contributed by atoms with Gasteiger partial charge in [0.2, 0.25) is 5.91 Å². The fraction of sp³-hybridized carbons (Fsp3) is 0.481. The Labute approximate surface area is 210 Å². The maximum atomic E-state index is 13.2. The van der Waals surface area contributed by atoms with Crippen molar-refractivity contribution in [2.45, 2.75) is 54.4 Å². The van der Waals surface area contributed by atoms with Crippen LogP contribution in [0.2, 0.25) is 0 Å². The van der Waals surface area contributed by atoms with Crippen molar-refractivity contribution in [3.05, 3.63) is 71.8 Å². The summed E-state index contributed by atoms with van der Waals surface area (Å²) in [5.41, 5.74) is 1.84. The van der Waals surface area contributed by atoms with E-state index in [0.717, 1.165) is 48.1 Å².